The van der Waals surface area contributed by atoms with Crippen LogP contribution in [0.2, 0.25) is 0 Å². The second-order valence-corrected chi connectivity index (χ2v) is 9.87. The number of carbonyl (C=O) groups excluding carboxylic acids is 1. The van der Waals surface area contributed by atoms with Gasteiger partial charge in [-0.3, -0.25) is 9.69 Å². The molecular formula is C29H36F2N2O4. The molecule has 2 fully saturated rings. The molecule has 2 aromatic carbocycles. The Morgan fingerprint density at radius 3 is 2.30 bits per heavy atom. The second kappa shape index (κ2) is 11.9. The van der Waals surface area contributed by atoms with Gasteiger partial charge in [-0.15, -0.1) is 0 Å². The molecule has 37 heavy (non-hydrogen) atoms. The molecule has 0 bridgehead atoms. The van der Waals surface area contributed by atoms with Crippen molar-refractivity contribution in [1.82, 2.24) is 9.80 Å². The number of rotatable bonds is 10. The lowest BCUT2D eigenvalue weighted by Gasteiger charge is -2.40. The van der Waals surface area contributed by atoms with E-state index < -0.39 is 11.6 Å². The van der Waals surface area contributed by atoms with E-state index in [1.165, 1.54) is 52.7 Å². The van der Waals surface area contributed by atoms with Crippen LogP contribution in [-0.4, -0.2) is 68.8 Å². The van der Waals surface area contributed by atoms with Gasteiger partial charge in [0.2, 0.25) is 5.75 Å². The Balaban J connectivity index is 1.64. The van der Waals surface area contributed by atoms with Crippen LogP contribution < -0.4 is 14.2 Å². The molecule has 6 nitrogen and oxygen atoms in total. The molecule has 0 N–H and O–H groups in total. The van der Waals surface area contributed by atoms with Gasteiger partial charge >= 0.3 is 0 Å². The number of amides is 1. The van der Waals surface area contributed by atoms with E-state index >= 15 is 0 Å². The third-order valence-electron chi connectivity index (χ3n) is 7.40. The first-order valence-electron chi connectivity index (χ1n) is 12.8. The van der Waals surface area contributed by atoms with Crippen LogP contribution in [0.4, 0.5) is 8.78 Å². The van der Waals surface area contributed by atoms with Crippen molar-refractivity contribution in [1.29, 1.82) is 0 Å². The lowest BCUT2D eigenvalue weighted by molar-refractivity contribution is 0.0630. The number of ether oxygens (including phenoxy) is 3. The first-order chi connectivity index (χ1) is 17.8. The van der Waals surface area contributed by atoms with Crippen LogP contribution in [0.25, 0.3) is 6.08 Å². The first kappa shape index (κ1) is 26.9. The number of halogens is 2. The lowest BCUT2D eigenvalue weighted by Crippen LogP contribution is -2.49. The Kier molecular flexibility index (Phi) is 8.69. The standard InChI is InChI=1S/C29H36F2N2O4/c1-19(13-20-10-11-22(30)16-25(20)31)17-32(18-24-9-6-12-33(24)23-7-5-8-23)29(34)21-14-26(35-2)28(37-4)27(15-21)36-3/h10-11,13-16,23-24H,5-9,12,17-18H2,1-4H3. The number of methoxy groups -OCH3 is 3. The second-order valence-electron chi connectivity index (χ2n) is 9.87. The van der Waals surface area contributed by atoms with Gasteiger partial charge in [-0.05, 0) is 63.4 Å². The molecule has 1 atom stereocenters. The van der Waals surface area contributed by atoms with Crippen molar-refractivity contribution in [3.05, 3.63) is 58.7 Å². The molecule has 4 rings (SSSR count). The maximum absolute atomic E-state index is 14.3. The zero-order valence-electron chi connectivity index (χ0n) is 22.1. The topological polar surface area (TPSA) is 51.2 Å². The third-order valence-corrected chi connectivity index (χ3v) is 7.40. The van der Waals surface area contributed by atoms with E-state index in [4.69, 9.17) is 14.2 Å². The number of benzene rings is 2. The number of nitrogens with zero attached hydrogens (tertiary/aromatic N) is 2. The molecule has 2 aliphatic rings. The molecule has 1 amide bonds. The minimum absolute atomic E-state index is 0.174. The van der Waals surface area contributed by atoms with Crippen molar-refractivity contribution in [3.63, 3.8) is 0 Å². The van der Waals surface area contributed by atoms with Gasteiger partial charge in [0.1, 0.15) is 11.6 Å². The molecule has 200 valence electrons. The van der Waals surface area contributed by atoms with Gasteiger partial charge in [-0.2, -0.15) is 0 Å². The number of carbonyl (C=O) groups is 1. The van der Waals surface area contributed by atoms with E-state index in [0.717, 1.165) is 31.0 Å². The van der Waals surface area contributed by atoms with Gasteiger partial charge in [0.15, 0.2) is 11.5 Å². The summed E-state index contributed by atoms with van der Waals surface area (Å²) in [7, 11) is 4.55. The van der Waals surface area contributed by atoms with Crippen LogP contribution in [-0.2, 0) is 0 Å². The molecule has 1 heterocycles. The lowest BCUT2D eigenvalue weighted by atomic mass is 9.91. The highest BCUT2D eigenvalue weighted by atomic mass is 19.1. The summed E-state index contributed by atoms with van der Waals surface area (Å²) in [6.07, 6.45) is 7.49. The molecule has 8 heteroatoms. The van der Waals surface area contributed by atoms with E-state index in [2.05, 4.69) is 4.90 Å². The number of hydrogen-bond donors (Lipinski definition) is 0. The smallest absolute Gasteiger partial charge is 0.254 e. The zero-order chi connectivity index (χ0) is 26.5. The molecule has 0 spiro atoms. The van der Waals surface area contributed by atoms with Gasteiger partial charge in [-0.25, -0.2) is 8.78 Å². The molecule has 1 aliphatic heterocycles. The van der Waals surface area contributed by atoms with Gasteiger partial charge in [0.05, 0.1) is 21.3 Å². The fourth-order valence-corrected chi connectivity index (χ4v) is 5.34. The summed E-state index contributed by atoms with van der Waals surface area (Å²) >= 11 is 0. The molecule has 0 radical (unpaired) electrons. The van der Waals surface area contributed by atoms with Crippen LogP contribution in [0.1, 0.15) is 54.9 Å². The average molecular weight is 515 g/mol. The Bertz CT molecular complexity index is 1120. The van der Waals surface area contributed by atoms with Crippen molar-refractivity contribution >= 4 is 12.0 Å². The van der Waals surface area contributed by atoms with Crippen molar-refractivity contribution in [3.8, 4) is 17.2 Å². The van der Waals surface area contributed by atoms with Crippen molar-refractivity contribution in [2.45, 2.75) is 51.1 Å². The molecule has 0 aromatic heterocycles. The molecule has 1 saturated carbocycles. The van der Waals surface area contributed by atoms with E-state index in [1.54, 1.807) is 18.2 Å². The van der Waals surface area contributed by atoms with Crippen LogP contribution >= 0.6 is 0 Å². The summed E-state index contributed by atoms with van der Waals surface area (Å²) in [5, 5.41) is 0. The molecule has 1 unspecified atom stereocenters. The summed E-state index contributed by atoms with van der Waals surface area (Å²) in [5.74, 6) is -0.196. The van der Waals surface area contributed by atoms with Crippen molar-refractivity contribution in [2.75, 3.05) is 41.0 Å². The SMILES string of the molecule is COc1cc(C(=O)N(CC(C)=Cc2ccc(F)cc2F)CC2CCCN2C2CCC2)cc(OC)c1OC. The summed E-state index contributed by atoms with van der Waals surface area (Å²) in [4.78, 5) is 18.3. The van der Waals surface area contributed by atoms with E-state index in [1.807, 2.05) is 11.8 Å². The fourth-order valence-electron chi connectivity index (χ4n) is 5.34. The highest BCUT2D eigenvalue weighted by molar-refractivity contribution is 5.96. The molecular weight excluding hydrogens is 478 g/mol. The maximum atomic E-state index is 14.3. The monoisotopic (exact) mass is 514 g/mol. The fraction of sp³-hybridized carbons (Fsp3) is 0.483. The first-order valence-corrected chi connectivity index (χ1v) is 12.8. The Morgan fingerprint density at radius 1 is 1.03 bits per heavy atom. The van der Waals surface area contributed by atoms with Gasteiger partial charge in [0, 0.05) is 42.4 Å². The molecule has 1 saturated heterocycles. The maximum Gasteiger partial charge on any atom is 0.254 e. The minimum Gasteiger partial charge on any atom is -0.493 e. The third kappa shape index (κ3) is 6.06. The van der Waals surface area contributed by atoms with Crippen LogP contribution in [0, 0.1) is 11.6 Å². The molecule has 1 aliphatic carbocycles. The quantitative estimate of drug-likeness (QED) is 0.416. The average Bonchev–Trinajstić information content (AvgIpc) is 3.30. The summed E-state index contributed by atoms with van der Waals surface area (Å²) in [6, 6.07) is 7.70. The van der Waals surface area contributed by atoms with Gasteiger partial charge in [-0.1, -0.05) is 18.1 Å². The summed E-state index contributed by atoms with van der Waals surface area (Å²) < 4.78 is 44.0. The largest absolute Gasteiger partial charge is 0.493 e. The van der Waals surface area contributed by atoms with Gasteiger partial charge in [0.25, 0.3) is 5.91 Å². The Hall–Kier alpha value is -3.13. The zero-order valence-corrected chi connectivity index (χ0v) is 22.1. The summed E-state index contributed by atoms with van der Waals surface area (Å²) in [5.41, 5.74) is 1.50. The van der Waals surface area contributed by atoms with Gasteiger partial charge < -0.3 is 19.1 Å². The number of hydrogen-bond acceptors (Lipinski definition) is 5. The van der Waals surface area contributed by atoms with Crippen molar-refractivity contribution < 1.29 is 27.8 Å². The highest BCUT2D eigenvalue weighted by Crippen LogP contribution is 2.39. The minimum atomic E-state index is -0.631. The van der Waals surface area contributed by atoms with Crippen LogP contribution in [0.5, 0.6) is 17.2 Å². The Morgan fingerprint density at radius 2 is 1.73 bits per heavy atom. The van der Waals surface area contributed by atoms with E-state index in [-0.39, 0.29) is 17.5 Å². The Labute approximate surface area is 217 Å². The normalized spacial score (nSPS) is 18.4. The number of likely N-dealkylation sites (tertiary alicyclic amines) is 1. The van der Waals surface area contributed by atoms with E-state index in [9.17, 15) is 13.6 Å². The van der Waals surface area contributed by atoms with Crippen molar-refractivity contribution in [2.24, 2.45) is 0 Å². The molecule has 2 aromatic rings. The van der Waals surface area contributed by atoms with Crippen LogP contribution in [0.3, 0.4) is 0 Å². The predicted octanol–water partition coefficient (Wildman–Crippen LogP) is 5.55. The van der Waals surface area contributed by atoms with E-state index in [0.29, 0.717) is 41.9 Å². The predicted molar refractivity (Wildman–Crippen MR) is 139 cm³/mol. The van der Waals surface area contributed by atoms with Crippen LogP contribution in [0.15, 0.2) is 35.9 Å². The summed E-state index contributed by atoms with van der Waals surface area (Å²) in [6.45, 7) is 3.78. The highest BCUT2D eigenvalue weighted by Gasteiger charge is 2.35.